The molecule has 0 saturated carbocycles. The molecule has 3 rings (SSSR count). The second-order valence-corrected chi connectivity index (χ2v) is 5.31. The van der Waals surface area contributed by atoms with Gasteiger partial charge in [0.15, 0.2) is 0 Å². The first kappa shape index (κ1) is 15.2. The molecule has 0 fully saturated rings. The summed E-state index contributed by atoms with van der Waals surface area (Å²) in [6.45, 7) is 1.83. The number of rotatable bonds is 6. The van der Waals surface area contributed by atoms with Gasteiger partial charge in [-0.3, -0.25) is 9.78 Å². The lowest BCUT2D eigenvalue weighted by Crippen LogP contribution is -2.24. The van der Waals surface area contributed by atoms with E-state index in [1.165, 1.54) is 0 Å². The molecule has 0 unspecified atom stereocenters. The van der Waals surface area contributed by atoms with E-state index in [1.54, 1.807) is 25.3 Å². The van der Waals surface area contributed by atoms with Crippen LogP contribution in [0.3, 0.4) is 0 Å². The summed E-state index contributed by atoms with van der Waals surface area (Å²) >= 11 is 1.16. The van der Waals surface area contributed by atoms with E-state index in [0.717, 1.165) is 11.8 Å². The molecule has 0 bridgehead atoms. The van der Waals surface area contributed by atoms with Crippen LogP contribution in [0.4, 0.5) is 0 Å². The molecule has 1 amide bonds. The van der Waals surface area contributed by atoms with Gasteiger partial charge in [-0.15, -0.1) is 10.2 Å². The van der Waals surface area contributed by atoms with Crippen LogP contribution in [-0.4, -0.2) is 37.0 Å². The van der Waals surface area contributed by atoms with Gasteiger partial charge >= 0.3 is 0 Å². The predicted octanol–water partition coefficient (Wildman–Crippen LogP) is 1.23. The highest BCUT2D eigenvalue weighted by Crippen LogP contribution is 2.15. The van der Waals surface area contributed by atoms with Crippen molar-refractivity contribution in [2.75, 3.05) is 5.75 Å². The van der Waals surface area contributed by atoms with Crippen molar-refractivity contribution in [1.82, 2.24) is 30.6 Å². The van der Waals surface area contributed by atoms with Gasteiger partial charge in [0, 0.05) is 13.1 Å². The maximum atomic E-state index is 11.7. The van der Waals surface area contributed by atoms with E-state index in [2.05, 4.69) is 30.6 Å². The van der Waals surface area contributed by atoms with E-state index < -0.39 is 0 Å². The number of carbonyl (C=O) groups is 1. The first-order valence-corrected chi connectivity index (χ1v) is 7.63. The standard InChI is InChI=1S/C13H12N6O3S/c1-8-17-18-13(21-8)23-7-10(20)15-6-11-16-12(19-22-11)9-4-2-3-5-14-9/h2-5H,6-7H2,1H3,(H,15,20). The van der Waals surface area contributed by atoms with Crippen molar-refractivity contribution >= 4 is 17.7 Å². The average molecular weight is 332 g/mol. The number of amides is 1. The van der Waals surface area contributed by atoms with Crippen LogP contribution in [0, 0.1) is 6.92 Å². The highest BCUT2D eigenvalue weighted by Gasteiger charge is 2.12. The van der Waals surface area contributed by atoms with Crippen LogP contribution in [0.25, 0.3) is 11.5 Å². The molecule has 1 N–H and O–H groups in total. The zero-order valence-electron chi connectivity index (χ0n) is 12.1. The summed E-state index contributed by atoms with van der Waals surface area (Å²) in [7, 11) is 0. The van der Waals surface area contributed by atoms with Gasteiger partial charge in [-0.1, -0.05) is 23.0 Å². The topological polar surface area (TPSA) is 120 Å². The fourth-order valence-electron chi connectivity index (χ4n) is 1.61. The number of hydrogen-bond donors (Lipinski definition) is 1. The second kappa shape index (κ2) is 7.01. The van der Waals surface area contributed by atoms with Crippen LogP contribution in [0.2, 0.25) is 0 Å². The Bertz CT molecular complexity index is 788. The number of carbonyl (C=O) groups excluding carboxylic acids is 1. The van der Waals surface area contributed by atoms with Crippen molar-refractivity contribution in [3.63, 3.8) is 0 Å². The van der Waals surface area contributed by atoms with Crippen LogP contribution in [-0.2, 0) is 11.3 Å². The van der Waals surface area contributed by atoms with E-state index in [9.17, 15) is 4.79 Å². The molecule has 0 spiro atoms. The van der Waals surface area contributed by atoms with Gasteiger partial charge in [0.1, 0.15) is 5.69 Å². The molecule has 118 valence electrons. The number of thioether (sulfide) groups is 1. The first-order valence-electron chi connectivity index (χ1n) is 6.64. The maximum absolute atomic E-state index is 11.7. The third kappa shape index (κ3) is 4.13. The minimum atomic E-state index is -0.205. The monoisotopic (exact) mass is 332 g/mol. The minimum absolute atomic E-state index is 0.141. The van der Waals surface area contributed by atoms with E-state index in [-0.39, 0.29) is 18.2 Å². The minimum Gasteiger partial charge on any atom is -0.416 e. The molecule has 0 saturated heterocycles. The van der Waals surface area contributed by atoms with Crippen molar-refractivity contribution in [3.05, 3.63) is 36.2 Å². The van der Waals surface area contributed by atoms with Gasteiger partial charge in [0.05, 0.1) is 12.3 Å². The predicted molar refractivity (Wildman–Crippen MR) is 79.1 cm³/mol. The molecule has 0 aliphatic rings. The van der Waals surface area contributed by atoms with Crippen molar-refractivity contribution in [2.45, 2.75) is 18.7 Å². The molecule has 3 heterocycles. The van der Waals surface area contributed by atoms with E-state index >= 15 is 0 Å². The normalized spacial score (nSPS) is 10.7. The molecule has 0 radical (unpaired) electrons. The lowest BCUT2D eigenvalue weighted by molar-refractivity contribution is -0.118. The first-order chi connectivity index (χ1) is 11.2. The molecule has 0 aliphatic heterocycles. The molecule has 23 heavy (non-hydrogen) atoms. The van der Waals surface area contributed by atoms with E-state index in [4.69, 9.17) is 8.94 Å². The summed E-state index contributed by atoms with van der Waals surface area (Å²) in [5.41, 5.74) is 0.608. The smallest absolute Gasteiger partial charge is 0.277 e. The summed E-state index contributed by atoms with van der Waals surface area (Å²) in [5, 5.41) is 14.3. The summed E-state index contributed by atoms with van der Waals surface area (Å²) in [5.74, 6) is 1.09. The molecule has 0 atom stereocenters. The van der Waals surface area contributed by atoms with Gasteiger partial charge < -0.3 is 14.3 Å². The fraction of sp³-hybridized carbons (Fsp3) is 0.231. The molecule has 0 aliphatic carbocycles. The zero-order chi connectivity index (χ0) is 16.1. The molecule has 0 aromatic carbocycles. The van der Waals surface area contributed by atoms with Crippen LogP contribution in [0.5, 0.6) is 0 Å². The Labute approximate surface area is 134 Å². The quantitative estimate of drug-likeness (QED) is 0.664. The van der Waals surface area contributed by atoms with Crippen molar-refractivity contribution in [1.29, 1.82) is 0 Å². The van der Waals surface area contributed by atoms with Gasteiger partial charge in [0.2, 0.25) is 23.5 Å². The van der Waals surface area contributed by atoms with Gasteiger partial charge in [0.25, 0.3) is 5.22 Å². The number of aryl methyl sites for hydroxylation is 1. The number of nitrogens with zero attached hydrogens (tertiary/aromatic N) is 5. The highest BCUT2D eigenvalue weighted by atomic mass is 32.2. The van der Waals surface area contributed by atoms with Crippen molar-refractivity contribution < 1.29 is 13.7 Å². The Morgan fingerprint density at radius 3 is 3.00 bits per heavy atom. The van der Waals surface area contributed by atoms with Crippen LogP contribution in [0.15, 0.2) is 38.6 Å². The zero-order valence-corrected chi connectivity index (χ0v) is 12.9. The SMILES string of the molecule is Cc1nnc(SCC(=O)NCc2nc(-c3ccccn3)no2)o1. The van der Waals surface area contributed by atoms with Gasteiger partial charge in [-0.2, -0.15) is 4.98 Å². The Morgan fingerprint density at radius 2 is 2.26 bits per heavy atom. The van der Waals surface area contributed by atoms with Crippen LogP contribution < -0.4 is 5.32 Å². The van der Waals surface area contributed by atoms with Crippen LogP contribution >= 0.6 is 11.8 Å². The number of nitrogens with one attached hydrogen (secondary N) is 1. The number of pyridine rings is 1. The Morgan fingerprint density at radius 1 is 1.35 bits per heavy atom. The largest absolute Gasteiger partial charge is 0.416 e. The number of aromatic nitrogens is 5. The molecule has 3 aromatic heterocycles. The van der Waals surface area contributed by atoms with Crippen molar-refractivity contribution in [3.8, 4) is 11.5 Å². The molecule has 9 nitrogen and oxygen atoms in total. The van der Waals surface area contributed by atoms with Gasteiger partial charge in [-0.25, -0.2) is 0 Å². The summed E-state index contributed by atoms with van der Waals surface area (Å²) in [4.78, 5) is 20.0. The third-order valence-electron chi connectivity index (χ3n) is 2.63. The van der Waals surface area contributed by atoms with E-state index in [0.29, 0.717) is 28.5 Å². The van der Waals surface area contributed by atoms with E-state index in [1.807, 2.05) is 6.07 Å². The highest BCUT2D eigenvalue weighted by molar-refractivity contribution is 7.99. The summed E-state index contributed by atoms with van der Waals surface area (Å²) in [6, 6.07) is 5.40. The average Bonchev–Trinajstić information content (AvgIpc) is 3.21. The van der Waals surface area contributed by atoms with Gasteiger partial charge in [-0.05, 0) is 12.1 Å². The molecule has 3 aromatic rings. The Balaban J connectivity index is 1.48. The van der Waals surface area contributed by atoms with Crippen LogP contribution in [0.1, 0.15) is 11.8 Å². The molecular formula is C13H12N6O3S. The third-order valence-corrected chi connectivity index (χ3v) is 3.45. The maximum Gasteiger partial charge on any atom is 0.277 e. The fourth-order valence-corrected chi connectivity index (χ4v) is 2.25. The second-order valence-electron chi connectivity index (χ2n) is 4.38. The Kier molecular flexibility index (Phi) is 4.62. The Hall–Kier alpha value is -2.75. The number of hydrogen-bond acceptors (Lipinski definition) is 9. The molecular weight excluding hydrogens is 320 g/mol. The van der Waals surface area contributed by atoms with Crippen molar-refractivity contribution in [2.24, 2.45) is 0 Å². The lowest BCUT2D eigenvalue weighted by Gasteiger charge is -1.99. The summed E-state index contributed by atoms with van der Waals surface area (Å²) in [6.07, 6.45) is 1.64. The summed E-state index contributed by atoms with van der Waals surface area (Å²) < 4.78 is 10.2. The molecule has 10 heteroatoms. The lowest BCUT2D eigenvalue weighted by atomic mass is 10.3.